The second-order valence-corrected chi connectivity index (χ2v) is 10.1. The molecule has 0 fully saturated rings. The molecule has 4 nitrogen and oxygen atoms in total. The Hall–Kier alpha value is -3.11. The van der Waals surface area contributed by atoms with Gasteiger partial charge in [-0.15, -0.1) is 0 Å². The van der Waals surface area contributed by atoms with Crippen molar-refractivity contribution in [2.24, 2.45) is 0 Å². The van der Waals surface area contributed by atoms with E-state index in [1.165, 1.54) is 0 Å². The maximum absolute atomic E-state index is 12.1. The summed E-state index contributed by atoms with van der Waals surface area (Å²) in [6, 6.07) is 8.05. The highest BCUT2D eigenvalue weighted by molar-refractivity contribution is 6.31. The van der Waals surface area contributed by atoms with Crippen molar-refractivity contribution in [3.8, 4) is 0 Å². The first-order valence-corrected chi connectivity index (χ1v) is 14.8. The molecule has 1 aromatic carbocycles. The van der Waals surface area contributed by atoms with Crippen LogP contribution >= 0.6 is 11.6 Å². The van der Waals surface area contributed by atoms with Crippen LogP contribution in [0.4, 0.5) is 5.69 Å². The molecule has 0 bridgehead atoms. The van der Waals surface area contributed by atoms with E-state index in [1.807, 2.05) is 24.3 Å². The zero-order valence-electron chi connectivity index (χ0n) is 23.7. The van der Waals surface area contributed by atoms with Crippen molar-refractivity contribution in [2.75, 3.05) is 11.9 Å². The molecule has 2 N–H and O–H groups in total. The van der Waals surface area contributed by atoms with Crippen molar-refractivity contribution in [3.05, 3.63) is 96.2 Å². The number of aromatic nitrogens is 1. The average Bonchev–Trinajstić information content (AvgIpc) is 2.92. The second kappa shape index (κ2) is 20.8. The summed E-state index contributed by atoms with van der Waals surface area (Å²) < 4.78 is 0. The molecule has 0 aliphatic heterocycles. The van der Waals surface area contributed by atoms with Gasteiger partial charge in [-0.25, -0.2) is 0 Å². The Labute approximate surface area is 241 Å². The molecule has 0 radical (unpaired) electrons. The van der Waals surface area contributed by atoms with Crippen LogP contribution in [0, 0.1) is 0 Å². The molecule has 0 saturated heterocycles. The normalized spacial score (nSPS) is 13.1. The minimum atomic E-state index is 0.139. The number of hydrogen-bond acceptors (Lipinski definition) is 3. The number of benzene rings is 1. The van der Waals surface area contributed by atoms with Crippen molar-refractivity contribution >= 4 is 34.1 Å². The fraction of sp³-hybridized carbons (Fsp3) is 0.412. The summed E-state index contributed by atoms with van der Waals surface area (Å²) in [7, 11) is 0. The highest BCUT2D eigenvalue weighted by atomic mass is 35.5. The predicted octanol–water partition coefficient (Wildman–Crippen LogP) is 9.51. The highest BCUT2D eigenvalue weighted by Gasteiger charge is 2.07. The summed E-state index contributed by atoms with van der Waals surface area (Å²) in [4.78, 5) is 16.5. The molecule has 1 amide bonds. The van der Waals surface area contributed by atoms with Gasteiger partial charge in [0, 0.05) is 41.3 Å². The lowest BCUT2D eigenvalue weighted by atomic mass is 10.1. The van der Waals surface area contributed by atoms with E-state index in [0.717, 1.165) is 74.4 Å². The number of anilines is 1. The van der Waals surface area contributed by atoms with E-state index in [9.17, 15) is 4.79 Å². The summed E-state index contributed by atoms with van der Waals surface area (Å²) in [5, 5.41) is 8.37. The third-order valence-corrected chi connectivity index (χ3v) is 6.41. The predicted molar refractivity (Wildman–Crippen MR) is 170 cm³/mol. The van der Waals surface area contributed by atoms with Crippen molar-refractivity contribution in [1.82, 2.24) is 10.3 Å². The molecule has 0 spiro atoms. The topological polar surface area (TPSA) is 54.0 Å². The van der Waals surface area contributed by atoms with Crippen molar-refractivity contribution < 1.29 is 4.79 Å². The van der Waals surface area contributed by atoms with Crippen LogP contribution in [0.25, 0.3) is 10.9 Å². The number of carbonyl (C=O) groups excluding carboxylic acids is 1. The lowest BCUT2D eigenvalue weighted by Crippen LogP contribution is -2.25. The summed E-state index contributed by atoms with van der Waals surface area (Å²) in [5.74, 6) is 0.139. The van der Waals surface area contributed by atoms with E-state index in [1.54, 1.807) is 6.20 Å². The quantitative estimate of drug-likeness (QED) is 0.136. The summed E-state index contributed by atoms with van der Waals surface area (Å²) in [6.07, 6.45) is 33.2. The maximum Gasteiger partial charge on any atom is 0.220 e. The monoisotopic (exact) mass is 547 g/mol. The Morgan fingerprint density at radius 1 is 0.897 bits per heavy atom. The molecule has 2 aromatic rings. The average molecular weight is 548 g/mol. The van der Waals surface area contributed by atoms with Crippen LogP contribution in [-0.2, 0) is 4.79 Å². The van der Waals surface area contributed by atoms with Gasteiger partial charge in [-0.3, -0.25) is 9.78 Å². The molecule has 1 unspecified atom stereocenters. The number of amides is 1. The van der Waals surface area contributed by atoms with Crippen molar-refractivity contribution in [1.29, 1.82) is 0 Å². The second-order valence-electron chi connectivity index (χ2n) is 9.66. The van der Waals surface area contributed by atoms with Gasteiger partial charge in [0.1, 0.15) is 0 Å². The minimum absolute atomic E-state index is 0.139. The van der Waals surface area contributed by atoms with Crippen LogP contribution in [0.5, 0.6) is 0 Å². The van der Waals surface area contributed by atoms with Gasteiger partial charge in [-0.05, 0) is 89.0 Å². The first kappa shape index (κ1) is 32.1. The number of allylic oxidation sites excluding steroid dienone is 10. The van der Waals surface area contributed by atoms with Gasteiger partial charge in [-0.1, -0.05) is 79.3 Å². The lowest BCUT2D eigenvalue weighted by molar-refractivity contribution is -0.121. The van der Waals surface area contributed by atoms with Crippen LogP contribution < -0.4 is 10.6 Å². The smallest absolute Gasteiger partial charge is 0.220 e. The Balaban J connectivity index is 1.46. The van der Waals surface area contributed by atoms with E-state index in [-0.39, 0.29) is 5.91 Å². The standard InChI is InChI=1S/C34H46ClN3O/c1-3-4-5-6-7-8-9-10-11-12-13-14-15-16-17-18-19-22-34(39)37-26-20-21-29(2)38-32-25-27-36-33-28-30(35)23-24-31(32)33/h4-5,7-8,10-11,13-14,16-17,23-25,27-29H,3,6,9,12,15,18-22,26H2,1-2H3,(H,36,38)(H,37,39)/b5-4-,8-7-,11-10-,14-13-,17-16-. The Morgan fingerprint density at radius 3 is 2.21 bits per heavy atom. The largest absolute Gasteiger partial charge is 0.382 e. The van der Waals surface area contributed by atoms with E-state index in [0.29, 0.717) is 24.0 Å². The van der Waals surface area contributed by atoms with Crippen LogP contribution in [0.15, 0.2) is 91.2 Å². The molecular formula is C34H46ClN3O. The van der Waals surface area contributed by atoms with Crippen LogP contribution in [0.1, 0.15) is 78.1 Å². The highest BCUT2D eigenvalue weighted by Crippen LogP contribution is 2.25. The third kappa shape index (κ3) is 15.2. The third-order valence-electron chi connectivity index (χ3n) is 6.18. The number of unbranched alkanes of at least 4 members (excludes halogenated alkanes) is 1. The SMILES string of the molecule is CC/C=C\C/C=C\C/C=C\C/C=C\C/C=C\CCCC(=O)NCCCC(C)Nc1ccnc2cc(Cl)ccc12. The molecule has 5 heteroatoms. The van der Waals surface area contributed by atoms with Gasteiger partial charge in [-0.2, -0.15) is 0 Å². The van der Waals surface area contributed by atoms with Crippen LogP contribution in [0.2, 0.25) is 5.02 Å². The first-order valence-electron chi connectivity index (χ1n) is 14.4. The summed E-state index contributed by atoms with van der Waals surface area (Å²) in [6.45, 7) is 5.02. The zero-order chi connectivity index (χ0) is 28.0. The van der Waals surface area contributed by atoms with E-state index in [2.05, 4.69) is 90.2 Å². The fourth-order valence-electron chi connectivity index (χ4n) is 4.06. The van der Waals surface area contributed by atoms with Gasteiger partial charge < -0.3 is 10.6 Å². The number of hydrogen-bond donors (Lipinski definition) is 2. The number of nitrogens with zero attached hydrogens (tertiary/aromatic N) is 1. The molecule has 0 aliphatic carbocycles. The van der Waals surface area contributed by atoms with Gasteiger partial charge in [0.2, 0.25) is 5.91 Å². The molecule has 1 aromatic heterocycles. The van der Waals surface area contributed by atoms with Gasteiger partial charge >= 0.3 is 0 Å². The number of rotatable bonds is 19. The maximum atomic E-state index is 12.1. The van der Waals surface area contributed by atoms with Crippen molar-refractivity contribution in [2.45, 2.75) is 84.1 Å². The molecule has 210 valence electrons. The molecule has 0 aliphatic rings. The number of carbonyl (C=O) groups is 1. The number of pyridine rings is 1. The summed E-state index contributed by atoms with van der Waals surface area (Å²) >= 11 is 6.08. The zero-order valence-corrected chi connectivity index (χ0v) is 24.5. The molecule has 39 heavy (non-hydrogen) atoms. The van der Waals surface area contributed by atoms with Crippen molar-refractivity contribution in [3.63, 3.8) is 0 Å². The fourth-order valence-corrected chi connectivity index (χ4v) is 4.22. The van der Waals surface area contributed by atoms with Gasteiger partial charge in [0.15, 0.2) is 0 Å². The van der Waals surface area contributed by atoms with Crippen LogP contribution in [-0.4, -0.2) is 23.5 Å². The Morgan fingerprint density at radius 2 is 1.54 bits per heavy atom. The van der Waals surface area contributed by atoms with E-state index < -0.39 is 0 Å². The molecule has 0 saturated carbocycles. The first-order chi connectivity index (χ1) is 19.1. The minimum Gasteiger partial charge on any atom is -0.382 e. The van der Waals surface area contributed by atoms with Gasteiger partial charge in [0.05, 0.1) is 5.52 Å². The van der Waals surface area contributed by atoms with E-state index in [4.69, 9.17) is 11.6 Å². The number of nitrogens with one attached hydrogen (secondary N) is 2. The van der Waals surface area contributed by atoms with E-state index >= 15 is 0 Å². The number of fused-ring (bicyclic) bond motifs is 1. The summed E-state index contributed by atoms with van der Waals surface area (Å²) in [5.41, 5.74) is 1.94. The molecule has 1 atom stereocenters. The Bertz CT molecular complexity index is 1120. The van der Waals surface area contributed by atoms with Crippen LogP contribution in [0.3, 0.4) is 0 Å². The van der Waals surface area contributed by atoms with Gasteiger partial charge in [0.25, 0.3) is 0 Å². The lowest BCUT2D eigenvalue weighted by Gasteiger charge is -2.17. The Kier molecular flexibility index (Phi) is 17.1. The molecular weight excluding hydrogens is 502 g/mol. The molecule has 1 heterocycles. The number of halogens is 1. The molecule has 2 rings (SSSR count).